The second-order valence-corrected chi connectivity index (χ2v) is 5.83. The maximum absolute atomic E-state index is 10.3. The maximum atomic E-state index is 10.3. The lowest BCUT2D eigenvalue weighted by atomic mass is 10.0. The van der Waals surface area contributed by atoms with Crippen LogP contribution in [0.4, 0.5) is 0 Å². The summed E-state index contributed by atoms with van der Waals surface area (Å²) in [4.78, 5) is 0. The Morgan fingerprint density at radius 3 is 2.33 bits per heavy atom. The van der Waals surface area contributed by atoms with Crippen LogP contribution >= 0.6 is 0 Å². The number of aliphatic hydroxyl groups excluding tert-OH is 1. The molecule has 0 bridgehead atoms. The number of aliphatic hydroxyl groups is 1. The van der Waals surface area contributed by atoms with Gasteiger partial charge < -0.3 is 19.9 Å². The minimum Gasteiger partial charge on any atom is -0.493 e. The van der Waals surface area contributed by atoms with Gasteiger partial charge in [-0.05, 0) is 36.1 Å². The molecule has 2 aromatic rings. The van der Waals surface area contributed by atoms with E-state index >= 15 is 0 Å². The fraction of sp³-hybridized carbons (Fsp3) is 0.400. The van der Waals surface area contributed by atoms with Crippen molar-refractivity contribution in [3.63, 3.8) is 0 Å². The van der Waals surface area contributed by atoms with Crippen molar-refractivity contribution in [1.82, 2.24) is 5.32 Å². The molecule has 0 amide bonds. The number of rotatable bonds is 9. The largest absolute Gasteiger partial charge is 0.493 e. The van der Waals surface area contributed by atoms with Crippen LogP contribution in [0.5, 0.6) is 11.5 Å². The Morgan fingerprint density at radius 1 is 1.00 bits per heavy atom. The van der Waals surface area contributed by atoms with E-state index in [0.717, 1.165) is 29.9 Å². The second-order valence-electron chi connectivity index (χ2n) is 5.83. The third-order valence-corrected chi connectivity index (χ3v) is 4.21. The zero-order valence-electron chi connectivity index (χ0n) is 14.7. The fourth-order valence-corrected chi connectivity index (χ4v) is 2.72. The molecule has 130 valence electrons. The molecule has 0 saturated heterocycles. The van der Waals surface area contributed by atoms with Gasteiger partial charge in [0.25, 0.3) is 0 Å². The Balaban J connectivity index is 1.94. The summed E-state index contributed by atoms with van der Waals surface area (Å²) in [6, 6.07) is 16.0. The molecule has 0 aliphatic heterocycles. The lowest BCUT2D eigenvalue weighted by molar-refractivity contribution is 0.169. The number of nitrogens with one attached hydrogen (secondary N) is 1. The fourth-order valence-electron chi connectivity index (χ4n) is 2.72. The number of benzene rings is 2. The van der Waals surface area contributed by atoms with Gasteiger partial charge in [-0.15, -0.1) is 0 Å². The summed E-state index contributed by atoms with van der Waals surface area (Å²) in [5.74, 6) is 1.48. The first-order valence-corrected chi connectivity index (χ1v) is 8.35. The number of methoxy groups -OCH3 is 2. The van der Waals surface area contributed by atoms with Crippen LogP contribution in [0.3, 0.4) is 0 Å². The lowest BCUT2D eigenvalue weighted by Crippen LogP contribution is -2.34. The van der Waals surface area contributed by atoms with Gasteiger partial charge in [-0.2, -0.15) is 0 Å². The molecule has 0 radical (unpaired) electrons. The van der Waals surface area contributed by atoms with Crippen LogP contribution in [0.15, 0.2) is 48.5 Å². The molecule has 0 spiro atoms. The highest BCUT2D eigenvalue weighted by Crippen LogP contribution is 2.28. The molecule has 0 aromatic heterocycles. The summed E-state index contributed by atoms with van der Waals surface area (Å²) in [6.07, 6.45) is 1.36. The highest BCUT2D eigenvalue weighted by molar-refractivity contribution is 5.43. The van der Waals surface area contributed by atoms with E-state index in [1.165, 1.54) is 5.56 Å². The van der Waals surface area contributed by atoms with Crippen LogP contribution in [0.2, 0.25) is 0 Å². The van der Waals surface area contributed by atoms with E-state index in [0.29, 0.717) is 12.6 Å². The SMILES string of the molecule is CCC(Cc1ccc(OC)c(OC)c1)NCC(O)c1ccccc1. The molecule has 0 fully saturated rings. The predicted molar refractivity (Wildman–Crippen MR) is 96.7 cm³/mol. The standard InChI is InChI=1S/C20H27NO3/c1-4-17(21-14-18(22)16-8-6-5-7-9-16)12-15-10-11-19(23-2)20(13-15)24-3/h5-11,13,17-18,21-22H,4,12,14H2,1-3H3. The van der Waals surface area contributed by atoms with Gasteiger partial charge in [0.05, 0.1) is 20.3 Å². The van der Waals surface area contributed by atoms with Gasteiger partial charge in [0.1, 0.15) is 0 Å². The maximum Gasteiger partial charge on any atom is 0.160 e. The second kappa shape index (κ2) is 9.30. The zero-order valence-corrected chi connectivity index (χ0v) is 14.7. The molecule has 2 unspecified atom stereocenters. The molecule has 0 aliphatic rings. The highest BCUT2D eigenvalue weighted by Gasteiger charge is 2.13. The lowest BCUT2D eigenvalue weighted by Gasteiger charge is -2.20. The molecule has 0 saturated carbocycles. The van der Waals surface area contributed by atoms with E-state index in [1.54, 1.807) is 14.2 Å². The third kappa shape index (κ3) is 4.98. The summed E-state index contributed by atoms with van der Waals surface area (Å²) in [7, 11) is 3.28. The first kappa shape index (κ1) is 18.3. The Hall–Kier alpha value is -2.04. The molecule has 2 N–H and O–H groups in total. The van der Waals surface area contributed by atoms with Crippen molar-refractivity contribution < 1.29 is 14.6 Å². The summed E-state index contributed by atoms with van der Waals surface area (Å²) in [5, 5.41) is 13.7. The number of hydrogen-bond donors (Lipinski definition) is 2. The van der Waals surface area contributed by atoms with Gasteiger partial charge >= 0.3 is 0 Å². The average Bonchev–Trinajstić information content (AvgIpc) is 2.65. The smallest absolute Gasteiger partial charge is 0.160 e. The van der Waals surface area contributed by atoms with Crippen molar-refractivity contribution >= 4 is 0 Å². The summed E-state index contributed by atoms with van der Waals surface area (Å²) in [5.41, 5.74) is 2.12. The van der Waals surface area contributed by atoms with Crippen molar-refractivity contribution in [1.29, 1.82) is 0 Å². The van der Waals surface area contributed by atoms with Gasteiger partial charge in [-0.3, -0.25) is 0 Å². The normalized spacial score (nSPS) is 13.3. The first-order valence-electron chi connectivity index (χ1n) is 8.35. The number of ether oxygens (including phenoxy) is 2. The van der Waals surface area contributed by atoms with E-state index in [2.05, 4.69) is 18.3 Å². The van der Waals surface area contributed by atoms with Crippen molar-refractivity contribution in [2.45, 2.75) is 31.9 Å². The number of hydrogen-bond acceptors (Lipinski definition) is 4. The summed E-state index contributed by atoms with van der Waals surface area (Å²) in [6.45, 7) is 2.68. The predicted octanol–water partition coefficient (Wildman–Crippen LogP) is 3.35. The topological polar surface area (TPSA) is 50.7 Å². The molecule has 2 rings (SSSR count). The summed E-state index contributed by atoms with van der Waals surface area (Å²) >= 11 is 0. The first-order chi connectivity index (χ1) is 11.7. The van der Waals surface area contributed by atoms with E-state index in [1.807, 2.05) is 42.5 Å². The Labute approximate surface area is 144 Å². The van der Waals surface area contributed by atoms with E-state index in [9.17, 15) is 5.11 Å². The van der Waals surface area contributed by atoms with Crippen LogP contribution in [0.25, 0.3) is 0 Å². The van der Waals surface area contributed by atoms with E-state index in [4.69, 9.17) is 9.47 Å². The molecule has 2 atom stereocenters. The van der Waals surface area contributed by atoms with Crippen LogP contribution in [0, 0.1) is 0 Å². The van der Waals surface area contributed by atoms with Crippen molar-refractivity contribution in [2.24, 2.45) is 0 Å². The summed E-state index contributed by atoms with van der Waals surface area (Å²) < 4.78 is 10.6. The molecule has 2 aromatic carbocycles. The molecule has 0 heterocycles. The Kier molecular flexibility index (Phi) is 7.09. The van der Waals surface area contributed by atoms with Gasteiger partial charge in [-0.1, -0.05) is 43.3 Å². The van der Waals surface area contributed by atoms with Crippen LogP contribution in [-0.4, -0.2) is 31.9 Å². The van der Waals surface area contributed by atoms with E-state index < -0.39 is 6.10 Å². The quantitative estimate of drug-likeness (QED) is 0.741. The van der Waals surface area contributed by atoms with Gasteiger partial charge in [-0.25, -0.2) is 0 Å². The van der Waals surface area contributed by atoms with Crippen molar-refractivity contribution in [2.75, 3.05) is 20.8 Å². The van der Waals surface area contributed by atoms with Crippen molar-refractivity contribution in [3.05, 3.63) is 59.7 Å². The Bertz CT molecular complexity index is 616. The molecule has 4 nitrogen and oxygen atoms in total. The van der Waals surface area contributed by atoms with Crippen LogP contribution in [-0.2, 0) is 6.42 Å². The highest BCUT2D eigenvalue weighted by atomic mass is 16.5. The van der Waals surface area contributed by atoms with Gasteiger partial charge in [0.2, 0.25) is 0 Å². The van der Waals surface area contributed by atoms with Gasteiger partial charge in [0, 0.05) is 12.6 Å². The van der Waals surface area contributed by atoms with Gasteiger partial charge in [0.15, 0.2) is 11.5 Å². The monoisotopic (exact) mass is 329 g/mol. The van der Waals surface area contributed by atoms with Crippen molar-refractivity contribution in [3.8, 4) is 11.5 Å². The minimum atomic E-state index is -0.495. The third-order valence-electron chi connectivity index (χ3n) is 4.21. The molecular weight excluding hydrogens is 302 g/mol. The Morgan fingerprint density at radius 2 is 1.71 bits per heavy atom. The van der Waals surface area contributed by atoms with Crippen LogP contribution in [0.1, 0.15) is 30.6 Å². The molecule has 0 aliphatic carbocycles. The van der Waals surface area contributed by atoms with E-state index in [-0.39, 0.29) is 0 Å². The molecule has 4 heteroatoms. The minimum absolute atomic E-state index is 0.293. The van der Waals surface area contributed by atoms with Crippen LogP contribution < -0.4 is 14.8 Å². The zero-order chi connectivity index (χ0) is 17.4. The average molecular weight is 329 g/mol. The molecular formula is C20H27NO3. The molecule has 24 heavy (non-hydrogen) atoms.